The van der Waals surface area contributed by atoms with Crippen molar-refractivity contribution in [1.82, 2.24) is 15.0 Å². The van der Waals surface area contributed by atoms with Crippen LogP contribution in [0.5, 0.6) is 0 Å². The Labute approximate surface area is 175 Å². The quantitative estimate of drug-likeness (QED) is 0.314. The van der Waals surface area contributed by atoms with Crippen LogP contribution < -0.4 is 10.6 Å². The van der Waals surface area contributed by atoms with E-state index in [1.807, 2.05) is 13.8 Å². The number of nitrogens with zero attached hydrogens (tertiary/aromatic N) is 3. The van der Waals surface area contributed by atoms with Crippen LogP contribution in [0.1, 0.15) is 30.6 Å². The number of alkyl halides is 2. The number of rotatable bonds is 9. The lowest BCUT2D eigenvalue weighted by atomic mass is 10.2. The summed E-state index contributed by atoms with van der Waals surface area (Å²) in [6, 6.07) is 4.83. The van der Waals surface area contributed by atoms with Crippen LogP contribution >= 0.6 is 23.1 Å². The van der Waals surface area contributed by atoms with Crippen LogP contribution in [-0.4, -0.2) is 44.9 Å². The van der Waals surface area contributed by atoms with Crippen molar-refractivity contribution in [3.05, 3.63) is 36.2 Å². The van der Waals surface area contributed by atoms with E-state index in [4.69, 9.17) is 5.11 Å². The molecule has 0 aliphatic heterocycles. The number of fused-ring (bicyclic) bond motifs is 1. The molecule has 0 saturated carbocycles. The third-order valence-electron chi connectivity index (χ3n) is 3.40. The molecule has 0 bridgehead atoms. The van der Waals surface area contributed by atoms with Gasteiger partial charge in [0.1, 0.15) is 0 Å². The van der Waals surface area contributed by atoms with Gasteiger partial charge in [0.25, 0.3) is 5.76 Å². The number of halogens is 2. The van der Waals surface area contributed by atoms with Crippen molar-refractivity contribution in [2.45, 2.75) is 30.9 Å². The topological polar surface area (TPSA) is 100 Å². The molecule has 0 fully saturated rings. The number of hydrogen-bond donors (Lipinski definition) is 3. The third-order valence-corrected chi connectivity index (χ3v) is 5.04. The van der Waals surface area contributed by atoms with Crippen LogP contribution in [-0.2, 0) is 0 Å². The summed E-state index contributed by atoms with van der Waals surface area (Å²) in [4.78, 5) is 23.7. The molecule has 3 N–H and O–H groups in total. The maximum Gasteiger partial charge on any atom is 0.335 e. The second-order valence-electron chi connectivity index (χ2n) is 5.33. The molecule has 7 nitrogen and oxygen atoms in total. The molecule has 0 radical (unpaired) electrons. The van der Waals surface area contributed by atoms with Gasteiger partial charge in [-0.3, -0.25) is 0 Å². The summed E-state index contributed by atoms with van der Waals surface area (Å²) >= 11 is 1.80. The number of aromatic carboxylic acids is 1. The summed E-state index contributed by atoms with van der Waals surface area (Å²) in [6.45, 7) is 5.25. The van der Waals surface area contributed by atoms with Crippen molar-refractivity contribution in [3.63, 3.8) is 0 Å². The van der Waals surface area contributed by atoms with Crippen molar-refractivity contribution < 1.29 is 18.7 Å². The Morgan fingerprint density at radius 2 is 1.90 bits per heavy atom. The molecule has 11 heteroatoms. The summed E-state index contributed by atoms with van der Waals surface area (Å²) in [7, 11) is 0. The van der Waals surface area contributed by atoms with Crippen molar-refractivity contribution in [2.75, 3.05) is 23.7 Å². The van der Waals surface area contributed by atoms with Gasteiger partial charge in [0.2, 0.25) is 5.95 Å². The van der Waals surface area contributed by atoms with Gasteiger partial charge in [0.05, 0.1) is 15.8 Å². The van der Waals surface area contributed by atoms with Gasteiger partial charge in [-0.15, -0.1) is 0 Å². The molecule has 3 aromatic rings. The molecule has 0 aliphatic carbocycles. The molecule has 1 aromatic carbocycles. The summed E-state index contributed by atoms with van der Waals surface area (Å²) in [5.74, 6) is -3.07. The van der Waals surface area contributed by atoms with Crippen LogP contribution in [0.3, 0.4) is 0 Å². The molecular formula is C18H21F2N5O2S2. The van der Waals surface area contributed by atoms with E-state index >= 15 is 0 Å². The number of benzene rings is 1. The van der Waals surface area contributed by atoms with Crippen LogP contribution in [0.4, 0.5) is 19.9 Å². The molecule has 0 atom stereocenters. The minimum atomic E-state index is -2.49. The Bertz CT molecular complexity index is 922. The number of thioether (sulfide) groups is 1. The zero-order valence-electron chi connectivity index (χ0n) is 15.9. The normalized spacial score (nSPS) is 10.5. The van der Waals surface area contributed by atoms with Crippen molar-refractivity contribution in [2.24, 2.45) is 0 Å². The molecule has 156 valence electrons. The average molecular weight is 442 g/mol. The Morgan fingerprint density at radius 3 is 2.55 bits per heavy atom. The molecule has 2 aromatic heterocycles. The molecule has 0 amide bonds. The molecule has 0 unspecified atom stereocenters. The molecule has 0 spiro atoms. The van der Waals surface area contributed by atoms with Gasteiger partial charge in [0, 0.05) is 30.4 Å². The van der Waals surface area contributed by atoms with Gasteiger partial charge in [0.15, 0.2) is 5.13 Å². The van der Waals surface area contributed by atoms with Crippen LogP contribution in [0.2, 0.25) is 0 Å². The predicted octanol–water partition coefficient (Wildman–Crippen LogP) is 5.04. The van der Waals surface area contributed by atoms with E-state index in [-0.39, 0.29) is 5.56 Å². The van der Waals surface area contributed by atoms with E-state index in [0.29, 0.717) is 35.7 Å². The third kappa shape index (κ3) is 7.09. The molecule has 2 heterocycles. The van der Waals surface area contributed by atoms with Gasteiger partial charge in [-0.1, -0.05) is 36.9 Å². The second-order valence-corrected chi connectivity index (χ2v) is 7.43. The largest absolute Gasteiger partial charge is 0.478 e. The number of carboxylic acids is 1. The smallest absolute Gasteiger partial charge is 0.335 e. The first-order chi connectivity index (χ1) is 14.0. The zero-order valence-corrected chi connectivity index (χ0v) is 17.5. The SMILES string of the molecule is CC.O=C(O)c1ccc2nc(NCCCNc3ncc(SC(F)F)cn3)sc2c1. The first kappa shape index (κ1) is 22.8. The number of aromatic nitrogens is 3. The minimum absolute atomic E-state index is 0.236. The maximum absolute atomic E-state index is 12.2. The summed E-state index contributed by atoms with van der Waals surface area (Å²) in [6.07, 6.45) is 3.47. The summed E-state index contributed by atoms with van der Waals surface area (Å²) in [5, 5.41) is 15.9. The molecule has 0 aliphatic rings. The number of thiazole rings is 1. The molecule has 3 rings (SSSR count). The van der Waals surface area contributed by atoms with E-state index in [1.165, 1.54) is 29.8 Å². The number of carboxylic acid groups (broad SMARTS) is 1. The van der Waals surface area contributed by atoms with E-state index in [9.17, 15) is 13.6 Å². The first-order valence-corrected chi connectivity index (χ1v) is 10.6. The maximum atomic E-state index is 12.2. The molecular weight excluding hydrogens is 420 g/mol. The van der Waals surface area contributed by atoms with Gasteiger partial charge < -0.3 is 15.7 Å². The fourth-order valence-electron chi connectivity index (χ4n) is 2.19. The Hall–Kier alpha value is -2.53. The Balaban J connectivity index is 0.00000145. The second kappa shape index (κ2) is 11.5. The van der Waals surface area contributed by atoms with Gasteiger partial charge >= 0.3 is 5.97 Å². The monoisotopic (exact) mass is 441 g/mol. The van der Waals surface area contributed by atoms with E-state index in [1.54, 1.807) is 12.1 Å². The lowest BCUT2D eigenvalue weighted by Gasteiger charge is -2.06. The molecule has 29 heavy (non-hydrogen) atoms. The van der Waals surface area contributed by atoms with Crippen molar-refractivity contribution >= 4 is 50.4 Å². The fourth-order valence-corrected chi connectivity index (χ4v) is 3.55. The van der Waals surface area contributed by atoms with Crippen LogP contribution in [0, 0.1) is 0 Å². The van der Waals surface area contributed by atoms with Crippen molar-refractivity contribution in [3.8, 4) is 0 Å². The molecule has 0 saturated heterocycles. The first-order valence-electron chi connectivity index (χ1n) is 8.90. The fraction of sp³-hybridized carbons (Fsp3) is 0.333. The highest BCUT2D eigenvalue weighted by Gasteiger charge is 2.08. The Morgan fingerprint density at radius 1 is 1.21 bits per heavy atom. The van der Waals surface area contributed by atoms with E-state index in [0.717, 1.165) is 21.8 Å². The predicted molar refractivity (Wildman–Crippen MR) is 113 cm³/mol. The number of hydrogen-bond acceptors (Lipinski definition) is 8. The summed E-state index contributed by atoms with van der Waals surface area (Å²) < 4.78 is 25.3. The highest BCUT2D eigenvalue weighted by molar-refractivity contribution is 7.99. The van der Waals surface area contributed by atoms with E-state index < -0.39 is 11.7 Å². The standard InChI is InChI=1S/C16H15F2N5O2S2.C2H6/c17-14(18)26-10-7-21-15(22-8-10)19-4-1-5-20-16-23-11-3-2-9(13(24)25)6-12(11)27-16;1-2/h2-3,6-8,14H,1,4-5H2,(H,20,23)(H,24,25)(H,19,21,22);1-2H3. The minimum Gasteiger partial charge on any atom is -0.478 e. The zero-order chi connectivity index (χ0) is 21.2. The van der Waals surface area contributed by atoms with Gasteiger partial charge in [-0.05, 0) is 24.6 Å². The lowest BCUT2D eigenvalue weighted by molar-refractivity contribution is 0.0697. The highest BCUT2D eigenvalue weighted by Crippen LogP contribution is 2.27. The Kier molecular flexibility index (Phi) is 9.00. The van der Waals surface area contributed by atoms with Gasteiger partial charge in [-0.25, -0.2) is 19.7 Å². The van der Waals surface area contributed by atoms with E-state index in [2.05, 4.69) is 25.6 Å². The summed E-state index contributed by atoms with van der Waals surface area (Å²) in [5.41, 5.74) is 0.987. The van der Waals surface area contributed by atoms with Crippen molar-refractivity contribution in [1.29, 1.82) is 0 Å². The van der Waals surface area contributed by atoms with Gasteiger partial charge in [-0.2, -0.15) is 8.78 Å². The lowest BCUT2D eigenvalue weighted by Crippen LogP contribution is -2.10. The van der Waals surface area contributed by atoms with Crippen LogP contribution in [0.15, 0.2) is 35.5 Å². The van der Waals surface area contributed by atoms with Crippen LogP contribution in [0.25, 0.3) is 10.2 Å². The number of carbonyl (C=O) groups is 1. The average Bonchev–Trinajstić information content (AvgIpc) is 3.12. The number of nitrogens with one attached hydrogen (secondary N) is 2. The number of anilines is 2. The highest BCUT2D eigenvalue weighted by atomic mass is 32.2.